The molecule has 4 aromatic carbocycles. The van der Waals surface area contributed by atoms with E-state index in [0.29, 0.717) is 0 Å². The summed E-state index contributed by atoms with van der Waals surface area (Å²) in [6, 6.07) is 33.4. The van der Waals surface area contributed by atoms with Gasteiger partial charge in [0.05, 0.1) is 10.5 Å². The maximum Gasteiger partial charge on any atom is 0.132 e. The first kappa shape index (κ1) is 18.0. The zero-order chi connectivity index (χ0) is 19.9. The van der Waals surface area contributed by atoms with E-state index in [1.807, 2.05) is 45.9 Å². The van der Waals surface area contributed by atoms with E-state index in [4.69, 9.17) is 9.47 Å². The van der Waals surface area contributed by atoms with Gasteiger partial charge in [-0.25, -0.2) is 0 Å². The van der Waals surface area contributed by atoms with Crippen molar-refractivity contribution >= 4 is 21.6 Å². The Bertz CT molecular complexity index is 1050. The molecule has 0 saturated heterocycles. The lowest BCUT2D eigenvalue weighted by Gasteiger charge is -2.31. The molecule has 0 bridgehead atoms. The third-order valence-electron chi connectivity index (χ3n) is 5.49. The van der Waals surface area contributed by atoms with E-state index in [-0.39, 0.29) is 10.5 Å². The largest absolute Gasteiger partial charge is 0.457 e. The first-order chi connectivity index (χ1) is 14.9. The fourth-order valence-corrected chi connectivity index (χ4v) is 7.38. The molecule has 30 heavy (non-hydrogen) atoms. The molecule has 146 valence electrons. The van der Waals surface area contributed by atoms with Crippen LogP contribution in [-0.2, 0) is 0 Å². The molecule has 2 aliphatic heterocycles. The van der Waals surface area contributed by atoms with Gasteiger partial charge in [-0.3, -0.25) is 0 Å². The Hall–Kier alpha value is -2.82. The Morgan fingerprint density at radius 1 is 0.400 bits per heavy atom. The molecule has 0 fully saturated rings. The van der Waals surface area contributed by atoms with Gasteiger partial charge < -0.3 is 9.47 Å². The van der Waals surface area contributed by atoms with Crippen LogP contribution in [0.5, 0.6) is 23.0 Å². The summed E-state index contributed by atoms with van der Waals surface area (Å²) < 4.78 is 12.3. The van der Waals surface area contributed by atoms with Crippen molar-refractivity contribution in [3.05, 3.63) is 119 Å². The van der Waals surface area contributed by atoms with Gasteiger partial charge in [0.25, 0.3) is 0 Å². The molecule has 0 spiro atoms. The van der Waals surface area contributed by atoms with Gasteiger partial charge in [0, 0.05) is 22.3 Å². The number of hydrogen-bond donors (Lipinski definition) is 0. The second-order valence-electron chi connectivity index (χ2n) is 7.31. The zero-order valence-electron chi connectivity index (χ0n) is 16.0. The second-order valence-corrected chi connectivity index (χ2v) is 9.79. The summed E-state index contributed by atoms with van der Waals surface area (Å²) in [5.74, 6) is 3.79. The predicted molar refractivity (Wildman–Crippen MR) is 125 cm³/mol. The molecule has 0 saturated carbocycles. The van der Waals surface area contributed by atoms with Gasteiger partial charge in [-0.05, 0) is 24.3 Å². The lowest BCUT2D eigenvalue weighted by atomic mass is 10.00. The molecule has 0 unspecified atom stereocenters. The first-order valence-electron chi connectivity index (χ1n) is 9.92. The Kier molecular flexibility index (Phi) is 4.47. The van der Waals surface area contributed by atoms with Crippen molar-refractivity contribution in [3.8, 4) is 23.0 Å². The highest BCUT2D eigenvalue weighted by molar-refractivity contribution is 8.76. The van der Waals surface area contributed by atoms with E-state index < -0.39 is 0 Å². The molecular weight excluding hydrogens is 408 g/mol. The summed E-state index contributed by atoms with van der Waals surface area (Å²) in [4.78, 5) is 0. The average molecular weight is 427 g/mol. The van der Waals surface area contributed by atoms with E-state index in [1.165, 1.54) is 22.3 Å². The van der Waals surface area contributed by atoms with E-state index in [9.17, 15) is 0 Å². The second kappa shape index (κ2) is 7.46. The summed E-state index contributed by atoms with van der Waals surface area (Å²) in [5, 5.41) is 0.414. The van der Waals surface area contributed by atoms with Crippen LogP contribution in [0.25, 0.3) is 0 Å². The topological polar surface area (TPSA) is 18.5 Å². The zero-order valence-corrected chi connectivity index (χ0v) is 17.7. The average Bonchev–Trinajstić information content (AvgIpc) is 2.81. The SMILES string of the molecule is c1ccc2c(c1)Oc1ccccc1C2SSC1c2ccccc2Oc2ccccc21. The summed E-state index contributed by atoms with van der Waals surface area (Å²) in [6.45, 7) is 0. The number of benzene rings is 4. The fourth-order valence-electron chi connectivity index (χ4n) is 4.05. The summed E-state index contributed by atoms with van der Waals surface area (Å²) in [7, 11) is 3.80. The molecular formula is C26H18O2S2. The van der Waals surface area contributed by atoms with E-state index in [2.05, 4.69) is 72.8 Å². The molecule has 2 heterocycles. The van der Waals surface area contributed by atoms with Gasteiger partial charge in [0.15, 0.2) is 0 Å². The maximum absolute atomic E-state index is 6.17. The van der Waals surface area contributed by atoms with Crippen LogP contribution >= 0.6 is 21.6 Å². The van der Waals surface area contributed by atoms with Gasteiger partial charge in [-0.15, -0.1) is 0 Å². The van der Waals surface area contributed by atoms with Crippen molar-refractivity contribution in [2.75, 3.05) is 0 Å². The first-order valence-corrected chi connectivity index (χ1v) is 12.2. The molecule has 0 N–H and O–H groups in total. The van der Waals surface area contributed by atoms with Crippen LogP contribution in [0.2, 0.25) is 0 Å². The van der Waals surface area contributed by atoms with Crippen molar-refractivity contribution in [1.29, 1.82) is 0 Å². The van der Waals surface area contributed by atoms with Crippen LogP contribution in [0.3, 0.4) is 0 Å². The third kappa shape index (κ3) is 2.99. The minimum Gasteiger partial charge on any atom is -0.457 e. The Morgan fingerprint density at radius 3 is 0.967 bits per heavy atom. The lowest BCUT2D eigenvalue weighted by Crippen LogP contribution is -2.09. The molecule has 0 aromatic heterocycles. The summed E-state index contributed by atoms with van der Waals surface area (Å²) in [5.41, 5.74) is 4.90. The van der Waals surface area contributed by atoms with Gasteiger partial charge in [0.1, 0.15) is 23.0 Å². The Morgan fingerprint density at radius 2 is 0.667 bits per heavy atom. The third-order valence-corrected chi connectivity index (χ3v) is 8.49. The minimum atomic E-state index is 0.207. The fraction of sp³-hybridized carbons (Fsp3) is 0.0769. The molecule has 0 amide bonds. The van der Waals surface area contributed by atoms with E-state index >= 15 is 0 Å². The van der Waals surface area contributed by atoms with Crippen LogP contribution in [0.4, 0.5) is 0 Å². The molecule has 0 atom stereocenters. The van der Waals surface area contributed by atoms with Crippen LogP contribution < -0.4 is 9.47 Å². The van der Waals surface area contributed by atoms with Crippen molar-refractivity contribution in [1.82, 2.24) is 0 Å². The number of para-hydroxylation sites is 4. The smallest absolute Gasteiger partial charge is 0.132 e. The van der Waals surface area contributed by atoms with Crippen molar-refractivity contribution in [3.63, 3.8) is 0 Å². The quantitative estimate of drug-likeness (QED) is 0.307. The molecule has 4 aromatic rings. The highest BCUT2D eigenvalue weighted by Gasteiger charge is 2.32. The number of rotatable bonds is 3. The number of fused-ring (bicyclic) bond motifs is 4. The minimum absolute atomic E-state index is 0.207. The van der Waals surface area contributed by atoms with Crippen molar-refractivity contribution in [2.45, 2.75) is 10.5 Å². The molecule has 0 radical (unpaired) electrons. The van der Waals surface area contributed by atoms with Crippen molar-refractivity contribution < 1.29 is 9.47 Å². The van der Waals surface area contributed by atoms with Gasteiger partial charge >= 0.3 is 0 Å². The van der Waals surface area contributed by atoms with Gasteiger partial charge in [-0.2, -0.15) is 0 Å². The Labute approximate surface area is 183 Å². The molecule has 4 heteroatoms. The monoisotopic (exact) mass is 426 g/mol. The van der Waals surface area contributed by atoms with Crippen LogP contribution in [0.15, 0.2) is 97.1 Å². The van der Waals surface area contributed by atoms with Crippen LogP contribution in [0.1, 0.15) is 32.8 Å². The van der Waals surface area contributed by atoms with Crippen LogP contribution in [-0.4, -0.2) is 0 Å². The summed E-state index contributed by atoms with van der Waals surface area (Å²) in [6.07, 6.45) is 0. The molecule has 6 rings (SSSR count). The van der Waals surface area contributed by atoms with Gasteiger partial charge in [-0.1, -0.05) is 94.4 Å². The number of hydrogen-bond acceptors (Lipinski definition) is 4. The molecule has 0 aliphatic carbocycles. The Balaban J connectivity index is 1.39. The molecule has 2 nitrogen and oxygen atoms in total. The highest BCUT2D eigenvalue weighted by Crippen LogP contribution is 2.59. The van der Waals surface area contributed by atoms with Crippen LogP contribution in [0, 0.1) is 0 Å². The molecule has 2 aliphatic rings. The number of ether oxygens (including phenoxy) is 2. The van der Waals surface area contributed by atoms with Crippen molar-refractivity contribution in [2.24, 2.45) is 0 Å². The lowest BCUT2D eigenvalue weighted by molar-refractivity contribution is 0.458. The van der Waals surface area contributed by atoms with E-state index in [1.54, 1.807) is 0 Å². The normalized spacial score (nSPS) is 14.5. The van der Waals surface area contributed by atoms with Gasteiger partial charge in [0.2, 0.25) is 0 Å². The van der Waals surface area contributed by atoms with E-state index in [0.717, 1.165) is 23.0 Å². The maximum atomic E-state index is 6.17. The standard InChI is InChI=1S/C26H18O2S2/c1-5-13-21-17(9-1)25(18-10-2-6-14-22(18)27-21)29-30-26-19-11-3-7-15-23(19)28-24-16-8-4-12-20(24)26/h1-16,25-26H. The predicted octanol–water partition coefficient (Wildman–Crippen LogP) is 8.16. The summed E-state index contributed by atoms with van der Waals surface area (Å²) >= 11 is 0. The highest BCUT2D eigenvalue weighted by atomic mass is 33.1.